The highest BCUT2D eigenvalue weighted by molar-refractivity contribution is 8.93. The summed E-state index contributed by atoms with van der Waals surface area (Å²) in [6, 6.07) is 16.1. The number of hydrogen-bond acceptors (Lipinski definition) is 5. The van der Waals surface area contributed by atoms with Gasteiger partial charge in [-0.1, -0.05) is 54.6 Å². The van der Waals surface area contributed by atoms with Crippen LogP contribution >= 0.6 is 17.0 Å². The van der Waals surface area contributed by atoms with E-state index in [1.54, 1.807) is 13.8 Å². The molecule has 0 aliphatic heterocycles. The van der Waals surface area contributed by atoms with Crippen molar-refractivity contribution in [2.45, 2.75) is 57.7 Å². The van der Waals surface area contributed by atoms with Crippen molar-refractivity contribution in [3.05, 3.63) is 71.3 Å². The number of aryl methyl sites for hydroxylation is 1. The van der Waals surface area contributed by atoms with Crippen molar-refractivity contribution in [3.8, 4) is 0 Å². The highest BCUT2D eigenvalue weighted by Gasteiger charge is 2.34. The Bertz CT molecular complexity index is 944. The van der Waals surface area contributed by atoms with Gasteiger partial charge in [0.05, 0.1) is 12.6 Å². The van der Waals surface area contributed by atoms with Crippen molar-refractivity contribution >= 4 is 34.8 Å². The summed E-state index contributed by atoms with van der Waals surface area (Å²) in [4.78, 5) is 38.9. The minimum atomic E-state index is -1.06. The van der Waals surface area contributed by atoms with Crippen LogP contribution in [0.4, 0.5) is 0 Å². The minimum absolute atomic E-state index is 0. The molecule has 0 aromatic heterocycles. The second-order valence-corrected chi connectivity index (χ2v) is 8.41. The van der Waals surface area contributed by atoms with E-state index in [2.05, 4.69) is 5.32 Å². The van der Waals surface area contributed by atoms with E-state index in [0.717, 1.165) is 16.7 Å². The number of ether oxygens (including phenoxy) is 1. The van der Waals surface area contributed by atoms with Gasteiger partial charge in [0.2, 0.25) is 5.91 Å². The van der Waals surface area contributed by atoms with Crippen LogP contribution in [-0.2, 0) is 38.4 Å². The molecule has 2 N–H and O–H groups in total. The molecule has 0 saturated carbocycles. The van der Waals surface area contributed by atoms with Gasteiger partial charge >= 0.3 is 11.9 Å². The van der Waals surface area contributed by atoms with Gasteiger partial charge in [0.1, 0.15) is 12.6 Å². The number of amides is 1. The average molecular weight is 533 g/mol. The molecule has 184 valence electrons. The number of carboxylic acids is 1. The molecular formula is C26H33BrN2O5. The number of aliphatic carboxylic acids is 1. The highest BCUT2D eigenvalue weighted by atomic mass is 79.9. The Morgan fingerprint density at radius 2 is 1.65 bits per heavy atom. The summed E-state index contributed by atoms with van der Waals surface area (Å²) < 4.78 is 5.22. The number of fused-ring (bicyclic) bond motifs is 1. The standard InChI is InChI=1S/C26H32N2O5.BrH/c1-3-33-26(32)23(14-13-19-9-5-4-6-10-19)27-18(2)25(31)28(17-24(29)30)22-15-20-11-7-8-12-21(20)16-22;/h4-12,18,22-23,27H,3,13-17H2,1-2H3,(H,29,30);1H/t18-,23?;/m0./s1. The van der Waals surface area contributed by atoms with Crippen LogP contribution in [0.2, 0.25) is 0 Å². The smallest absolute Gasteiger partial charge is 0.323 e. The second-order valence-electron chi connectivity index (χ2n) is 8.41. The van der Waals surface area contributed by atoms with Gasteiger partial charge in [-0.25, -0.2) is 0 Å². The van der Waals surface area contributed by atoms with Crippen LogP contribution in [0.25, 0.3) is 0 Å². The van der Waals surface area contributed by atoms with Gasteiger partial charge in [-0.05, 0) is 56.2 Å². The Kier molecular flexibility index (Phi) is 10.7. The third kappa shape index (κ3) is 7.40. The van der Waals surface area contributed by atoms with Gasteiger partial charge < -0.3 is 14.7 Å². The van der Waals surface area contributed by atoms with Gasteiger partial charge in [0.25, 0.3) is 0 Å². The van der Waals surface area contributed by atoms with Crippen LogP contribution < -0.4 is 5.32 Å². The number of nitrogens with one attached hydrogen (secondary N) is 1. The topological polar surface area (TPSA) is 95.9 Å². The molecule has 0 fully saturated rings. The molecule has 2 atom stereocenters. The maximum Gasteiger partial charge on any atom is 0.323 e. The van der Waals surface area contributed by atoms with Crippen molar-refractivity contribution in [2.75, 3.05) is 13.2 Å². The summed E-state index contributed by atoms with van der Waals surface area (Å²) in [5.41, 5.74) is 3.36. The van der Waals surface area contributed by atoms with E-state index in [-0.39, 0.29) is 42.1 Å². The number of rotatable bonds is 11. The molecule has 8 heteroatoms. The number of carbonyl (C=O) groups excluding carboxylic acids is 2. The van der Waals surface area contributed by atoms with E-state index in [0.29, 0.717) is 25.7 Å². The van der Waals surface area contributed by atoms with Crippen molar-refractivity contribution in [1.29, 1.82) is 0 Å². The summed E-state index contributed by atoms with van der Waals surface area (Å²) in [6.45, 7) is 3.29. The monoisotopic (exact) mass is 532 g/mol. The zero-order valence-corrected chi connectivity index (χ0v) is 21.3. The molecule has 1 aliphatic carbocycles. The molecule has 0 spiro atoms. The zero-order valence-electron chi connectivity index (χ0n) is 19.6. The highest BCUT2D eigenvalue weighted by Crippen LogP contribution is 2.26. The Morgan fingerprint density at radius 1 is 1.06 bits per heavy atom. The molecule has 0 saturated heterocycles. The Morgan fingerprint density at radius 3 is 2.21 bits per heavy atom. The molecule has 0 heterocycles. The lowest BCUT2D eigenvalue weighted by Crippen LogP contribution is -2.54. The zero-order chi connectivity index (χ0) is 23.8. The Labute approximate surface area is 211 Å². The second kappa shape index (κ2) is 13.2. The molecule has 0 radical (unpaired) electrons. The van der Waals surface area contributed by atoms with Crippen molar-refractivity contribution < 1.29 is 24.2 Å². The normalized spacial score (nSPS) is 14.4. The lowest BCUT2D eigenvalue weighted by molar-refractivity contribution is -0.149. The van der Waals surface area contributed by atoms with Gasteiger partial charge in [-0.3, -0.25) is 19.7 Å². The number of carbonyl (C=O) groups is 3. The minimum Gasteiger partial charge on any atom is -0.480 e. The number of carboxylic acid groups (broad SMARTS) is 1. The van der Waals surface area contributed by atoms with E-state index in [1.807, 2.05) is 54.6 Å². The van der Waals surface area contributed by atoms with Crippen LogP contribution in [0.5, 0.6) is 0 Å². The van der Waals surface area contributed by atoms with Gasteiger partial charge in [-0.15, -0.1) is 17.0 Å². The van der Waals surface area contributed by atoms with Crippen molar-refractivity contribution in [1.82, 2.24) is 10.2 Å². The maximum atomic E-state index is 13.4. The summed E-state index contributed by atoms with van der Waals surface area (Å²) in [7, 11) is 0. The first kappa shape index (κ1) is 27.5. The fourth-order valence-corrected chi connectivity index (χ4v) is 4.38. The SMILES string of the molecule is Br.CCOC(=O)C(CCc1ccccc1)N[C@@H](C)C(=O)N(CC(=O)O)C1Cc2ccccc2C1. The molecular weight excluding hydrogens is 500 g/mol. The van der Waals surface area contributed by atoms with Crippen LogP contribution in [0, 0.1) is 0 Å². The third-order valence-corrected chi connectivity index (χ3v) is 6.02. The number of benzene rings is 2. The first-order valence-electron chi connectivity index (χ1n) is 11.4. The molecule has 1 amide bonds. The summed E-state index contributed by atoms with van der Waals surface area (Å²) in [5.74, 6) is -1.80. The fraction of sp³-hybridized carbons (Fsp3) is 0.423. The molecule has 0 bridgehead atoms. The predicted octanol–water partition coefficient (Wildman–Crippen LogP) is 3.19. The van der Waals surface area contributed by atoms with Crippen LogP contribution in [0.15, 0.2) is 54.6 Å². The third-order valence-electron chi connectivity index (χ3n) is 6.02. The van der Waals surface area contributed by atoms with Crippen molar-refractivity contribution in [3.63, 3.8) is 0 Å². The van der Waals surface area contributed by atoms with Gasteiger partial charge in [-0.2, -0.15) is 0 Å². The largest absolute Gasteiger partial charge is 0.480 e. The Balaban J connectivity index is 0.00000408. The van der Waals surface area contributed by atoms with E-state index in [4.69, 9.17) is 4.74 Å². The van der Waals surface area contributed by atoms with Gasteiger partial charge in [0, 0.05) is 6.04 Å². The molecule has 34 heavy (non-hydrogen) atoms. The molecule has 1 unspecified atom stereocenters. The molecule has 3 rings (SSSR count). The lowest BCUT2D eigenvalue weighted by atomic mass is 10.0. The first-order valence-corrected chi connectivity index (χ1v) is 11.4. The predicted molar refractivity (Wildman–Crippen MR) is 135 cm³/mol. The number of esters is 1. The van der Waals surface area contributed by atoms with Crippen LogP contribution in [-0.4, -0.2) is 59.1 Å². The summed E-state index contributed by atoms with van der Waals surface area (Å²) in [5, 5.41) is 12.6. The van der Waals surface area contributed by atoms with Crippen molar-refractivity contribution in [2.24, 2.45) is 0 Å². The number of halogens is 1. The number of nitrogens with zero attached hydrogens (tertiary/aromatic N) is 1. The fourth-order valence-electron chi connectivity index (χ4n) is 4.38. The molecule has 1 aliphatic rings. The van der Waals surface area contributed by atoms with E-state index in [1.165, 1.54) is 4.90 Å². The van der Waals surface area contributed by atoms with Crippen LogP contribution in [0.1, 0.15) is 37.0 Å². The maximum absolute atomic E-state index is 13.4. The Hall–Kier alpha value is -2.71. The van der Waals surface area contributed by atoms with E-state index < -0.39 is 24.0 Å². The summed E-state index contributed by atoms with van der Waals surface area (Å²) >= 11 is 0. The van der Waals surface area contributed by atoms with Gasteiger partial charge in [0.15, 0.2) is 0 Å². The molecule has 2 aromatic rings. The summed E-state index contributed by atoms with van der Waals surface area (Å²) in [6.07, 6.45) is 2.36. The number of hydrogen-bond donors (Lipinski definition) is 2. The van der Waals surface area contributed by atoms with E-state index >= 15 is 0 Å². The first-order chi connectivity index (χ1) is 15.9. The molecule has 7 nitrogen and oxygen atoms in total. The van der Waals surface area contributed by atoms with Crippen LogP contribution in [0.3, 0.4) is 0 Å². The lowest BCUT2D eigenvalue weighted by Gasteiger charge is -2.31. The molecule has 2 aromatic carbocycles. The average Bonchev–Trinajstić information content (AvgIpc) is 3.24. The van der Waals surface area contributed by atoms with E-state index in [9.17, 15) is 19.5 Å². The quantitative estimate of drug-likeness (QED) is 0.431.